The van der Waals surface area contributed by atoms with Gasteiger partial charge in [0.05, 0.1) is 16.3 Å². The molecule has 6 heteroatoms. The maximum absolute atomic E-state index is 12.0. The quantitative estimate of drug-likeness (QED) is 0.692. The molecule has 1 N–H and O–H groups in total. The minimum absolute atomic E-state index is 0.00680. The Kier molecular flexibility index (Phi) is 4.14. The van der Waals surface area contributed by atoms with Crippen molar-refractivity contribution in [3.05, 3.63) is 56.5 Å². The van der Waals surface area contributed by atoms with Crippen LogP contribution in [-0.4, -0.2) is 10.8 Å². The number of nitro groups is 1. The molecule has 0 unspecified atom stereocenters. The summed E-state index contributed by atoms with van der Waals surface area (Å²) in [5.74, 6) is -0.249. The number of rotatable bonds is 4. The molecular weight excluding hydrogens is 276 g/mol. The summed E-state index contributed by atoms with van der Waals surface area (Å²) in [4.78, 5) is 23.5. The van der Waals surface area contributed by atoms with Crippen molar-refractivity contribution in [1.82, 2.24) is 0 Å². The number of para-hydroxylation sites is 1. The van der Waals surface area contributed by atoms with E-state index in [0.29, 0.717) is 5.56 Å². The highest BCUT2D eigenvalue weighted by molar-refractivity contribution is 7.16. The summed E-state index contributed by atoms with van der Waals surface area (Å²) in [6.07, 6.45) is -0.00680. The Labute approximate surface area is 120 Å². The van der Waals surface area contributed by atoms with Crippen LogP contribution >= 0.6 is 11.3 Å². The van der Waals surface area contributed by atoms with Crippen molar-refractivity contribution in [3.63, 3.8) is 0 Å². The first-order chi connectivity index (χ1) is 9.47. The third kappa shape index (κ3) is 3.21. The maximum Gasteiger partial charge on any atom is 0.273 e. The lowest BCUT2D eigenvalue weighted by molar-refractivity contribution is -0.385. The number of nitro benzene ring substituents is 1. The predicted molar refractivity (Wildman–Crippen MR) is 79.2 cm³/mol. The average Bonchev–Trinajstić information content (AvgIpc) is 2.68. The van der Waals surface area contributed by atoms with Crippen LogP contribution in [0.1, 0.15) is 16.0 Å². The Balaban J connectivity index is 2.10. The number of amides is 1. The molecule has 20 heavy (non-hydrogen) atoms. The molecule has 104 valence electrons. The molecule has 2 aromatic rings. The first-order valence-corrected chi connectivity index (χ1v) is 6.88. The highest BCUT2D eigenvalue weighted by Gasteiger charge is 2.16. The second-order valence-corrected chi connectivity index (χ2v) is 5.72. The van der Waals surface area contributed by atoms with Crippen molar-refractivity contribution in [2.75, 3.05) is 5.32 Å². The van der Waals surface area contributed by atoms with E-state index in [4.69, 9.17) is 0 Å². The van der Waals surface area contributed by atoms with Crippen molar-refractivity contribution in [3.8, 4) is 0 Å². The molecule has 0 saturated heterocycles. The Hall–Kier alpha value is -2.21. The summed E-state index contributed by atoms with van der Waals surface area (Å²) < 4.78 is 0. The lowest BCUT2D eigenvalue weighted by Crippen LogP contribution is -2.14. The molecular formula is C14H14N2O3S. The number of nitrogens with one attached hydrogen (secondary N) is 1. The van der Waals surface area contributed by atoms with E-state index in [1.807, 2.05) is 19.9 Å². The lowest BCUT2D eigenvalue weighted by Gasteiger charge is -2.03. The van der Waals surface area contributed by atoms with Gasteiger partial charge in [0.15, 0.2) is 0 Å². The van der Waals surface area contributed by atoms with Gasteiger partial charge in [-0.2, -0.15) is 0 Å². The fourth-order valence-electron chi connectivity index (χ4n) is 1.83. The summed E-state index contributed by atoms with van der Waals surface area (Å²) in [7, 11) is 0. The van der Waals surface area contributed by atoms with Gasteiger partial charge in [0, 0.05) is 16.5 Å². The Bertz CT molecular complexity index is 645. The van der Waals surface area contributed by atoms with Gasteiger partial charge in [-0.25, -0.2) is 0 Å². The van der Waals surface area contributed by atoms with Gasteiger partial charge in [-0.1, -0.05) is 18.2 Å². The molecule has 0 atom stereocenters. The van der Waals surface area contributed by atoms with Gasteiger partial charge < -0.3 is 5.32 Å². The van der Waals surface area contributed by atoms with Gasteiger partial charge in [0.25, 0.3) is 5.69 Å². The molecule has 1 heterocycles. The van der Waals surface area contributed by atoms with Gasteiger partial charge in [-0.15, -0.1) is 11.3 Å². The normalized spacial score (nSPS) is 10.3. The molecule has 1 amide bonds. The number of nitrogens with zero attached hydrogens (tertiary/aromatic N) is 1. The predicted octanol–water partition coefficient (Wildman–Crippen LogP) is 3.45. The zero-order valence-corrected chi connectivity index (χ0v) is 12.0. The first-order valence-electron chi connectivity index (χ1n) is 6.06. The van der Waals surface area contributed by atoms with Crippen LogP contribution in [0.3, 0.4) is 0 Å². The number of anilines is 1. The lowest BCUT2D eigenvalue weighted by atomic mass is 10.1. The molecule has 0 spiro atoms. The van der Waals surface area contributed by atoms with Gasteiger partial charge in [0.2, 0.25) is 5.91 Å². The number of aryl methyl sites for hydroxylation is 2. The molecule has 0 fully saturated rings. The molecule has 0 radical (unpaired) electrons. The molecule has 2 rings (SSSR count). The molecule has 1 aromatic heterocycles. The molecule has 0 saturated carbocycles. The maximum atomic E-state index is 12.0. The Morgan fingerprint density at radius 2 is 2.05 bits per heavy atom. The van der Waals surface area contributed by atoms with Gasteiger partial charge in [-0.05, 0) is 25.5 Å². The smallest absolute Gasteiger partial charge is 0.273 e. The van der Waals surface area contributed by atoms with Gasteiger partial charge >= 0.3 is 0 Å². The van der Waals surface area contributed by atoms with E-state index in [9.17, 15) is 14.9 Å². The number of hydrogen-bond donors (Lipinski definition) is 1. The van der Waals surface area contributed by atoms with Crippen LogP contribution in [0.25, 0.3) is 0 Å². The Morgan fingerprint density at radius 3 is 2.65 bits per heavy atom. The minimum Gasteiger partial charge on any atom is -0.317 e. The van der Waals surface area contributed by atoms with Crippen LogP contribution in [0, 0.1) is 24.0 Å². The first kappa shape index (κ1) is 14.2. The van der Waals surface area contributed by atoms with E-state index >= 15 is 0 Å². The van der Waals surface area contributed by atoms with Crippen LogP contribution in [0.5, 0.6) is 0 Å². The van der Waals surface area contributed by atoms with E-state index in [1.54, 1.807) is 18.2 Å². The third-order valence-electron chi connectivity index (χ3n) is 2.97. The summed E-state index contributed by atoms with van der Waals surface area (Å²) in [6.45, 7) is 3.96. The third-order valence-corrected chi connectivity index (χ3v) is 4.04. The second-order valence-electron chi connectivity index (χ2n) is 4.46. The number of hydrogen-bond acceptors (Lipinski definition) is 4. The van der Waals surface area contributed by atoms with Gasteiger partial charge in [0.1, 0.15) is 0 Å². The highest BCUT2D eigenvalue weighted by atomic mass is 32.1. The molecule has 0 aliphatic heterocycles. The fraction of sp³-hybridized carbons (Fsp3) is 0.214. The molecule has 0 aliphatic carbocycles. The molecule has 0 bridgehead atoms. The van der Waals surface area contributed by atoms with E-state index in [0.717, 1.165) is 15.4 Å². The van der Waals surface area contributed by atoms with E-state index in [1.165, 1.54) is 17.4 Å². The zero-order chi connectivity index (χ0) is 14.7. The SMILES string of the molecule is Cc1cc(NC(=O)Cc2ccccc2[N+](=O)[O-])sc1C. The van der Waals surface area contributed by atoms with Crippen LogP contribution in [-0.2, 0) is 11.2 Å². The van der Waals surface area contributed by atoms with Crippen LogP contribution < -0.4 is 5.32 Å². The van der Waals surface area contributed by atoms with Crippen molar-refractivity contribution in [2.24, 2.45) is 0 Å². The number of thiophene rings is 1. The van der Waals surface area contributed by atoms with E-state index in [-0.39, 0.29) is 18.0 Å². The van der Waals surface area contributed by atoms with Crippen LogP contribution in [0.4, 0.5) is 10.7 Å². The van der Waals surface area contributed by atoms with Crippen LogP contribution in [0.15, 0.2) is 30.3 Å². The molecule has 0 aliphatic rings. The van der Waals surface area contributed by atoms with Crippen molar-refractivity contribution >= 4 is 27.9 Å². The zero-order valence-electron chi connectivity index (χ0n) is 11.2. The van der Waals surface area contributed by atoms with Crippen molar-refractivity contribution in [1.29, 1.82) is 0 Å². The number of benzene rings is 1. The largest absolute Gasteiger partial charge is 0.317 e. The minimum atomic E-state index is -0.470. The average molecular weight is 290 g/mol. The van der Waals surface area contributed by atoms with E-state index < -0.39 is 4.92 Å². The standard InChI is InChI=1S/C14H14N2O3S/c1-9-7-14(20-10(9)2)15-13(17)8-11-5-3-4-6-12(11)16(18)19/h3-7H,8H2,1-2H3,(H,15,17). The van der Waals surface area contributed by atoms with Crippen LogP contribution in [0.2, 0.25) is 0 Å². The summed E-state index contributed by atoms with van der Waals surface area (Å²) >= 11 is 1.50. The molecule has 1 aromatic carbocycles. The van der Waals surface area contributed by atoms with E-state index in [2.05, 4.69) is 5.32 Å². The van der Waals surface area contributed by atoms with Gasteiger partial charge in [-0.3, -0.25) is 14.9 Å². The topological polar surface area (TPSA) is 72.2 Å². The summed E-state index contributed by atoms with van der Waals surface area (Å²) in [5, 5.41) is 14.4. The Morgan fingerprint density at radius 1 is 1.35 bits per heavy atom. The fourth-order valence-corrected chi connectivity index (χ4v) is 2.78. The number of carbonyl (C=O) groups is 1. The summed E-state index contributed by atoms with van der Waals surface area (Å²) in [6, 6.07) is 8.18. The number of carbonyl (C=O) groups excluding carboxylic acids is 1. The molecule has 5 nitrogen and oxygen atoms in total. The highest BCUT2D eigenvalue weighted by Crippen LogP contribution is 2.26. The van der Waals surface area contributed by atoms with Crippen molar-refractivity contribution < 1.29 is 9.72 Å². The summed E-state index contributed by atoms with van der Waals surface area (Å²) in [5.41, 5.74) is 1.51. The monoisotopic (exact) mass is 290 g/mol. The van der Waals surface area contributed by atoms with Crippen molar-refractivity contribution in [2.45, 2.75) is 20.3 Å². The second kappa shape index (κ2) is 5.83.